The van der Waals surface area contributed by atoms with Gasteiger partial charge in [-0.1, -0.05) is 24.3 Å². The summed E-state index contributed by atoms with van der Waals surface area (Å²) in [7, 11) is -1.96. The number of benzene rings is 1. The van der Waals surface area contributed by atoms with Gasteiger partial charge in [-0.3, -0.25) is 4.79 Å². The van der Waals surface area contributed by atoms with Crippen LogP contribution in [0.5, 0.6) is 0 Å². The minimum absolute atomic E-state index is 0.0434. The molecule has 0 N–H and O–H groups in total. The summed E-state index contributed by atoms with van der Waals surface area (Å²) in [5.41, 5.74) is 0.414. The first-order valence-corrected chi connectivity index (χ1v) is 9.10. The lowest BCUT2D eigenvalue weighted by Gasteiger charge is -2.35. The predicted octanol–water partition coefficient (Wildman–Crippen LogP) is 4.06. The van der Waals surface area contributed by atoms with Crippen LogP contribution in [0.4, 0.5) is 13.2 Å². The van der Waals surface area contributed by atoms with Crippen molar-refractivity contribution in [3.05, 3.63) is 35.4 Å². The molecule has 2 rings (SSSR count). The molecule has 0 fully saturated rings. The van der Waals surface area contributed by atoms with E-state index in [4.69, 9.17) is 4.74 Å². The number of nitrogens with zero attached hydrogens (tertiary/aromatic N) is 1. The second kappa shape index (κ2) is 7.07. The van der Waals surface area contributed by atoms with Gasteiger partial charge < -0.3 is 4.74 Å². The number of rotatable bonds is 4. The number of halogens is 3. The molecule has 0 bridgehead atoms. The Hall–Kier alpha value is -1.41. The van der Waals surface area contributed by atoms with Crippen molar-refractivity contribution in [2.45, 2.75) is 57.1 Å². The molecule has 0 saturated heterocycles. The van der Waals surface area contributed by atoms with Crippen LogP contribution in [-0.2, 0) is 20.5 Å². The molecule has 1 heterocycles. The molecule has 0 spiro atoms. The maximum atomic E-state index is 13.8. The van der Waals surface area contributed by atoms with E-state index in [9.17, 15) is 22.2 Å². The van der Waals surface area contributed by atoms with Crippen LogP contribution in [-0.4, -0.2) is 32.0 Å². The van der Waals surface area contributed by atoms with Gasteiger partial charge in [-0.05, 0) is 38.8 Å². The molecule has 0 radical (unpaired) electrons. The summed E-state index contributed by atoms with van der Waals surface area (Å²) in [6.07, 6.45) is -4.89. The van der Waals surface area contributed by atoms with Crippen LogP contribution < -0.4 is 0 Å². The van der Waals surface area contributed by atoms with Crippen LogP contribution in [0, 0.1) is 0 Å². The Bertz CT molecular complexity index is 670. The molecule has 0 aliphatic carbocycles. The number of ether oxygens (including phenoxy) is 1. The van der Waals surface area contributed by atoms with Gasteiger partial charge in [-0.15, -0.1) is 0 Å². The number of hydrogen-bond donors (Lipinski definition) is 0. The Morgan fingerprint density at radius 3 is 2.24 bits per heavy atom. The Balaban J connectivity index is 2.56. The molecule has 1 aliphatic heterocycles. The number of esters is 1. The molecule has 25 heavy (non-hydrogen) atoms. The second-order valence-electron chi connectivity index (χ2n) is 6.82. The third kappa shape index (κ3) is 4.06. The number of fused-ring (bicyclic) bond motifs is 1. The summed E-state index contributed by atoms with van der Waals surface area (Å²) >= 11 is 0. The van der Waals surface area contributed by atoms with E-state index in [1.54, 1.807) is 39.8 Å². The molecule has 0 saturated carbocycles. The standard InChI is InChI=1S/C17H22F3NO3S/c1-5-24-14(22)10-13-11-8-6-7-9-12(11)15(17(18,19)20)21(13)25(23)16(2,3)4/h6-9,13,15H,5,10H2,1-4H3/t13-,15-,25?/m0/s1. The van der Waals surface area contributed by atoms with Gasteiger partial charge in [0.05, 0.1) is 23.8 Å². The second-order valence-corrected chi connectivity index (χ2v) is 8.96. The molecule has 8 heteroatoms. The summed E-state index contributed by atoms with van der Waals surface area (Å²) in [6, 6.07) is 3.12. The zero-order valence-corrected chi connectivity index (χ0v) is 15.4. The molecule has 4 nitrogen and oxygen atoms in total. The summed E-state index contributed by atoms with van der Waals surface area (Å²) < 4.78 is 59.3. The van der Waals surface area contributed by atoms with Crippen LogP contribution in [0.3, 0.4) is 0 Å². The Kier molecular flexibility index (Phi) is 5.63. The first kappa shape index (κ1) is 19.9. The van der Waals surface area contributed by atoms with Crippen molar-refractivity contribution in [1.29, 1.82) is 0 Å². The lowest BCUT2D eigenvalue weighted by molar-refractivity contribution is -0.174. The number of carbonyl (C=O) groups is 1. The fourth-order valence-electron chi connectivity index (χ4n) is 2.94. The van der Waals surface area contributed by atoms with Gasteiger partial charge in [-0.25, -0.2) is 4.21 Å². The van der Waals surface area contributed by atoms with E-state index in [1.807, 2.05) is 0 Å². The molecule has 1 aromatic rings. The smallest absolute Gasteiger partial charge is 0.409 e. The van der Waals surface area contributed by atoms with Crippen molar-refractivity contribution in [1.82, 2.24) is 4.31 Å². The van der Waals surface area contributed by atoms with Crippen LogP contribution in [0.2, 0.25) is 0 Å². The fourth-order valence-corrected chi connectivity index (χ4v) is 4.42. The van der Waals surface area contributed by atoms with Gasteiger partial charge in [0.25, 0.3) is 0 Å². The average molecular weight is 377 g/mol. The van der Waals surface area contributed by atoms with Crippen LogP contribution in [0.15, 0.2) is 24.3 Å². The van der Waals surface area contributed by atoms with E-state index >= 15 is 0 Å². The zero-order valence-electron chi connectivity index (χ0n) is 14.6. The van der Waals surface area contributed by atoms with Crippen molar-refractivity contribution < 1.29 is 26.9 Å². The van der Waals surface area contributed by atoms with Crippen molar-refractivity contribution >= 4 is 17.0 Å². The van der Waals surface area contributed by atoms with Crippen molar-refractivity contribution in [3.63, 3.8) is 0 Å². The van der Waals surface area contributed by atoms with Crippen LogP contribution in [0.1, 0.15) is 57.3 Å². The highest BCUT2D eigenvalue weighted by molar-refractivity contribution is 7.84. The Labute approximate surface area is 147 Å². The fraction of sp³-hybridized carbons (Fsp3) is 0.588. The number of hydrogen-bond acceptors (Lipinski definition) is 3. The molecule has 1 aromatic carbocycles. The first-order chi connectivity index (χ1) is 11.5. The van der Waals surface area contributed by atoms with E-state index in [1.165, 1.54) is 12.1 Å². The van der Waals surface area contributed by atoms with Gasteiger partial charge in [0.2, 0.25) is 0 Å². The van der Waals surface area contributed by atoms with E-state index in [2.05, 4.69) is 0 Å². The highest BCUT2D eigenvalue weighted by Gasteiger charge is 2.56. The lowest BCUT2D eigenvalue weighted by Crippen LogP contribution is -2.43. The monoisotopic (exact) mass is 377 g/mol. The quantitative estimate of drug-likeness (QED) is 0.744. The molecule has 3 atom stereocenters. The highest BCUT2D eigenvalue weighted by atomic mass is 32.2. The van der Waals surface area contributed by atoms with Crippen LogP contribution in [0.25, 0.3) is 0 Å². The Morgan fingerprint density at radius 1 is 1.20 bits per heavy atom. The molecular weight excluding hydrogens is 355 g/mol. The minimum Gasteiger partial charge on any atom is -0.466 e. The third-order valence-corrected chi connectivity index (χ3v) is 5.80. The van der Waals surface area contributed by atoms with E-state index < -0.39 is 40.0 Å². The molecule has 0 aromatic heterocycles. The molecule has 140 valence electrons. The maximum Gasteiger partial charge on any atom is 0.409 e. The van der Waals surface area contributed by atoms with Crippen molar-refractivity contribution in [2.24, 2.45) is 0 Å². The van der Waals surface area contributed by atoms with Crippen molar-refractivity contribution in [3.8, 4) is 0 Å². The van der Waals surface area contributed by atoms with Gasteiger partial charge >= 0.3 is 12.1 Å². The third-order valence-electron chi connectivity index (χ3n) is 3.90. The van der Waals surface area contributed by atoms with Gasteiger partial charge in [0.15, 0.2) is 0 Å². The van der Waals surface area contributed by atoms with Crippen LogP contribution >= 0.6 is 0 Å². The zero-order chi connectivity index (χ0) is 19.0. The van der Waals surface area contributed by atoms with E-state index in [0.717, 1.165) is 4.31 Å². The maximum absolute atomic E-state index is 13.8. The molecule has 0 amide bonds. The normalized spacial score (nSPS) is 22.5. The summed E-state index contributed by atoms with van der Waals surface area (Å²) in [5.74, 6) is -0.610. The SMILES string of the molecule is CCOC(=O)C[C@H]1c2ccccc2[C@@H](C(F)(F)F)N1S(=O)C(C)(C)C. The highest BCUT2D eigenvalue weighted by Crippen LogP contribution is 2.52. The van der Waals surface area contributed by atoms with Gasteiger partial charge in [0.1, 0.15) is 17.0 Å². The Morgan fingerprint density at radius 2 is 1.76 bits per heavy atom. The van der Waals surface area contributed by atoms with Gasteiger partial charge in [-0.2, -0.15) is 17.5 Å². The summed E-state index contributed by atoms with van der Waals surface area (Å²) in [5, 5.41) is 0. The van der Waals surface area contributed by atoms with E-state index in [0.29, 0.717) is 5.56 Å². The predicted molar refractivity (Wildman–Crippen MR) is 89.0 cm³/mol. The summed E-state index contributed by atoms with van der Waals surface area (Å²) in [4.78, 5) is 12.0. The molecule has 1 aliphatic rings. The first-order valence-electron chi connectivity index (χ1n) is 8.00. The minimum atomic E-state index is -4.61. The summed E-state index contributed by atoms with van der Waals surface area (Å²) in [6.45, 7) is 6.60. The van der Waals surface area contributed by atoms with Crippen molar-refractivity contribution in [2.75, 3.05) is 6.61 Å². The van der Waals surface area contributed by atoms with Gasteiger partial charge in [0, 0.05) is 0 Å². The number of carbonyl (C=O) groups excluding carboxylic acids is 1. The van der Waals surface area contributed by atoms with E-state index in [-0.39, 0.29) is 18.6 Å². The topological polar surface area (TPSA) is 46.6 Å². The number of alkyl halides is 3. The molecular formula is C17H22F3NO3S. The average Bonchev–Trinajstić information content (AvgIpc) is 2.80. The largest absolute Gasteiger partial charge is 0.466 e. The molecule has 1 unspecified atom stereocenters. The lowest BCUT2D eigenvalue weighted by atomic mass is 10.0.